The van der Waals surface area contributed by atoms with Crippen molar-refractivity contribution in [2.45, 2.75) is 49.4 Å². The number of benzene rings is 6. The van der Waals surface area contributed by atoms with Gasteiger partial charge in [0.15, 0.2) is 0 Å². The van der Waals surface area contributed by atoms with Crippen LogP contribution in [0.15, 0.2) is 158 Å². The standard InChI is InChI=1S/C48H42O3/c49-45(51-36-17-5-2-6-18-36)28-30-48(43-25-13-9-21-39(43)40-22-10-14-26-44(40)48)32-46(33-50-34-46)31-47(29-27-35-15-3-1-4-16-35)41-23-11-7-19-37(41)38-20-8-12-24-42(38)47/h1-26H,27-34H2. The van der Waals surface area contributed by atoms with Gasteiger partial charge in [-0.05, 0) is 94.3 Å². The van der Waals surface area contributed by atoms with Crippen LogP contribution in [0.5, 0.6) is 5.75 Å². The highest BCUT2D eigenvalue weighted by molar-refractivity contribution is 5.83. The summed E-state index contributed by atoms with van der Waals surface area (Å²) in [5.74, 6) is 0.394. The highest BCUT2D eigenvalue weighted by Gasteiger charge is 2.56. The van der Waals surface area contributed by atoms with E-state index in [2.05, 4.69) is 127 Å². The fraction of sp³-hybridized carbons (Fsp3) is 0.229. The second kappa shape index (κ2) is 12.8. The Morgan fingerprint density at radius 3 is 1.37 bits per heavy atom. The molecule has 3 aliphatic rings. The summed E-state index contributed by atoms with van der Waals surface area (Å²) in [5.41, 5.74) is 11.4. The Balaban J connectivity index is 1.14. The van der Waals surface area contributed by atoms with E-state index in [4.69, 9.17) is 9.47 Å². The number of hydrogen-bond donors (Lipinski definition) is 0. The summed E-state index contributed by atoms with van der Waals surface area (Å²) < 4.78 is 12.2. The molecule has 0 aromatic heterocycles. The van der Waals surface area contributed by atoms with Gasteiger partial charge in [-0.25, -0.2) is 0 Å². The first-order valence-corrected chi connectivity index (χ1v) is 18.4. The van der Waals surface area contributed by atoms with Crippen LogP contribution in [0.1, 0.15) is 59.9 Å². The molecule has 1 fully saturated rings. The van der Waals surface area contributed by atoms with Gasteiger partial charge in [0.2, 0.25) is 0 Å². The van der Waals surface area contributed by atoms with Gasteiger partial charge in [-0.2, -0.15) is 0 Å². The van der Waals surface area contributed by atoms with E-state index < -0.39 is 0 Å². The number of hydrogen-bond acceptors (Lipinski definition) is 3. The summed E-state index contributed by atoms with van der Waals surface area (Å²) in [6, 6.07) is 56.3. The van der Waals surface area contributed by atoms with E-state index in [1.54, 1.807) is 0 Å². The maximum absolute atomic E-state index is 13.6. The van der Waals surface area contributed by atoms with Crippen molar-refractivity contribution < 1.29 is 14.3 Å². The number of rotatable bonds is 11. The van der Waals surface area contributed by atoms with Crippen molar-refractivity contribution in [3.05, 3.63) is 186 Å². The molecule has 0 atom stereocenters. The van der Waals surface area contributed by atoms with Crippen LogP contribution < -0.4 is 4.74 Å². The molecule has 0 saturated carbocycles. The first-order chi connectivity index (χ1) is 25.1. The molecule has 0 unspecified atom stereocenters. The van der Waals surface area contributed by atoms with Gasteiger partial charge >= 0.3 is 5.97 Å². The lowest BCUT2D eigenvalue weighted by Gasteiger charge is -2.52. The minimum Gasteiger partial charge on any atom is -0.427 e. The zero-order valence-electron chi connectivity index (χ0n) is 28.9. The van der Waals surface area contributed by atoms with Crippen LogP contribution in [0.2, 0.25) is 0 Å². The summed E-state index contributed by atoms with van der Waals surface area (Å²) in [6.45, 7) is 1.40. The molecular weight excluding hydrogens is 625 g/mol. The Kier molecular flexibility index (Phi) is 7.97. The molecule has 1 heterocycles. The maximum Gasteiger partial charge on any atom is 0.311 e. The average Bonchev–Trinajstić information content (AvgIpc) is 3.60. The minimum absolute atomic E-state index is 0.116. The van der Waals surface area contributed by atoms with E-state index in [1.807, 2.05) is 30.3 Å². The molecule has 51 heavy (non-hydrogen) atoms. The van der Waals surface area contributed by atoms with Crippen LogP contribution in [0.3, 0.4) is 0 Å². The van der Waals surface area contributed by atoms with E-state index in [-0.39, 0.29) is 22.2 Å². The predicted molar refractivity (Wildman–Crippen MR) is 204 cm³/mol. The van der Waals surface area contributed by atoms with Crippen molar-refractivity contribution in [1.29, 1.82) is 0 Å². The lowest BCUT2D eigenvalue weighted by atomic mass is 9.56. The van der Waals surface area contributed by atoms with Crippen molar-refractivity contribution in [1.82, 2.24) is 0 Å². The van der Waals surface area contributed by atoms with Crippen molar-refractivity contribution in [2.75, 3.05) is 13.2 Å². The van der Waals surface area contributed by atoms with Crippen LogP contribution in [0, 0.1) is 5.41 Å². The number of carbonyl (C=O) groups is 1. The van der Waals surface area contributed by atoms with E-state index >= 15 is 0 Å². The zero-order valence-corrected chi connectivity index (χ0v) is 28.9. The van der Waals surface area contributed by atoms with Gasteiger partial charge in [0.25, 0.3) is 0 Å². The van der Waals surface area contributed by atoms with Gasteiger partial charge in [0.05, 0.1) is 13.2 Å². The maximum atomic E-state index is 13.6. The summed E-state index contributed by atoms with van der Waals surface area (Å²) in [4.78, 5) is 13.6. The quantitative estimate of drug-likeness (QED) is 0.102. The molecule has 0 radical (unpaired) electrons. The number of carbonyl (C=O) groups excluding carboxylic acids is 1. The number of esters is 1. The molecule has 9 rings (SSSR count). The fourth-order valence-corrected chi connectivity index (χ4v) is 9.85. The molecule has 6 aromatic rings. The monoisotopic (exact) mass is 666 g/mol. The fourth-order valence-electron chi connectivity index (χ4n) is 9.85. The Hall–Kier alpha value is -5.25. The number of para-hydroxylation sites is 1. The zero-order chi connectivity index (χ0) is 34.3. The van der Waals surface area contributed by atoms with E-state index in [0.29, 0.717) is 31.8 Å². The molecule has 6 aromatic carbocycles. The molecule has 0 amide bonds. The van der Waals surface area contributed by atoms with Gasteiger partial charge in [-0.1, -0.05) is 146 Å². The van der Waals surface area contributed by atoms with Crippen molar-refractivity contribution >= 4 is 5.97 Å². The number of fused-ring (bicyclic) bond motifs is 6. The molecule has 1 aliphatic heterocycles. The SMILES string of the molecule is O=C(CCC1(CC2(CC3(CCc4ccccc4)c4ccccc4-c4ccccc43)COC2)c2ccccc2-c2ccccc21)Oc1ccccc1. The lowest BCUT2D eigenvalue weighted by Crippen LogP contribution is -2.51. The summed E-state index contributed by atoms with van der Waals surface area (Å²) >= 11 is 0. The van der Waals surface area contributed by atoms with Gasteiger partial charge < -0.3 is 9.47 Å². The van der Waals surface area contributed by atoms with E-state index in [0.717, 1.165) is 25.7 Å². The molecule has 0 N–H and O–H groups in total. The average molecular weight is 667 g/mol. The topological polar surface area (TPSA) is 35.5 Å². The van der Waals surface area contributed by atoms with Gasteiger partial charge in [-0.3, -0.25) is 4.79 Å². The van der Waals surface area contributed by atoms with E-state index in [1.165, 1.54) is 50.1 Å². The number of ether oxygens (including phenoxy) is 2. The third-order valence-corrected chi connectivity index (χ3v) is 11.9. The Morgan fingerprint density at radius 1 is 0.510 bits per heavy atom. The highest BCUT2D eigenvalue weighted by atomic mass is 16.5. The molecule has 252 valence electrons. The minimum atomic E-state index is -0.370. The normalized spacial score (nSPS) is 16.6. The molecular formula is C48H42O3. The molecule has 0 spiro atoms. The lowest BCUT2D eigenvalue weighted by molar-refractivity contribution is -0.140. The third-order valence-electron chi connectivity index (χ3n) is 11.9. The number of aryl methyl sites for hydroxylation is 1. The second-order valence-electron chi connectivity index (χ2n) is 15.0. The summed E-state index contributed by atoms with van der Waals surface area (Å²) in [7, 11) is 0. The smallest absolute Gasteiger partial charge is 0.311 e. The van der Waals surface area contributed by atoms with Crippen molar-refractivity contribution in [2.24, 2.45) is 5.41 Å². The first-order valence-electron chi connectivity index (χ1n) is 18.4. The molecule has 3 heteroatoms. The summed E-state index contributed by atoms with van der Waals surface area (Å²) in [6.07, 6.45) is 4.85. The summed E-state index contributed by atoms with van der Waals surface area (Å²) in [5, 5.41) is 0. The van der Waals surface area contributed by atoms with Crippen LogP contribution in [0.25, 0.3) is 22.3 Å². The van der Waals surface area contributed by atoms with Crippen molar-refractivity contribution in [3.63, 3.8) is 0 Å². The van der Waals surface area contributed by atoms with E-state index in [9.17, 15) is 4.79 Å². The second-order valence-corrected chi connectivity index (χ2v) is 15.0. The molecule has 3 nitrogen and oxygen atoms in total. The first kappa shape index (κ1) is 31.7. The van der Waals surface area contributed by atoms with Gasteiger partial charge in [-0.15, -0.1) is 0 Å². The van der Waals surface area contributed by atoms with Crippen LogP contribution in [0.4, 0.5) is 0 Å². The Labute approximate surface area is 300 Å². The van der Waals surface area contributed by atoms with Crippen molar-refractivity contribution in [3.8, 4) is 28.0 Å². The third kappa shape index (κ3) is 5.43. The highest BCUT2D eigenvalue weighted by Crippen LogP contribution is 2.62. The molecule has 2 aliphatic carbocycles. The van der Waals surface area contributed by atoms with Crippen LogP contribution >= 0.6 is 0 Å². The largest absolute Gasteiger partial charge is 0.427 e. The predicted octanol–water partition coefficient (Wildman–Crippen LogP) is 10.7. The van der Waals surface area contributed by atoms with Crippen LogP contribution in [-0.2, 0) is 26.8 Å². The Morgan fingerprint density at radius 2 is 0.922 bits per heavy atom. The van der Waals surface area contributed by atoms with Crippen LogP contribution in [-0.4, -0.2) is 19.2 Å². The molecule has 0 bridgehead atoms. The molecule has 1 saturated heterocycles. The van der Waals surface area contributed by atoms with Gasteiger partial charge in [0, 0.05) is 22.7 Å². The Bertz CT molecular complexity index is 2110. The van der Waals surface area contributed by atoms with Gasteiger partial charge in [0.1, 0.15) is 5.75 Å².